The Kier molecular flexibility index (Phi) is 2.16. The highest BCUT2D eigenvalue weighted by atomic mass is 19.3. The van der Waals surface area contributed by atoms with Gasteiger partial charge in [0.2, 0.25) is 6.29 Å². The maximum absolute atomic E-state index is 13.5. The van der Waals surface area contributed by atoms with Crippen LogP contribution in [0.5, 0.6) is 0 Å². The van der Waals surface area contributed by atoms with Crippen molar-refractivity contribution in [3.8, 4) is 0 Å². The third-order valence-electron chi connectivity index (χ3n) is 6.40. The van der Waals surface area contributed by atoms with E-state index >= 15 is 0 Å². The molecule has 0 aliphatic heterocycles. The maximum atomic E-state index is 13.5. The number of rotatable bonds is 4. The molecule has 7 atom stereocenters. The number of aliphatic hydroxyl groups excluding tert-OH is 1. The number of halogens is 2. The number of ether oxygens (including phenoxy) is 1. The standard InChI is InChI=1S/C15H20F2O3/c1-3-15(16,17)11(18)20-14-5-8-4-12(2)6-13(19,7-14)9(8)10(12)14/h3,8-11,18-19H,1,4-7H2,2H3. The van der Waals surface area contributed by atoms with Crippen molar-refractivity contribution in [3.63, 3.8) is 0 Å². The van der Waals surface area contributed by atoms with Crippen LogP contribution in [-0.2, 0) is 4.74 Å². The van der Waals surface area contributed by atoms with Crippen molar-refractivity contribution < 1.29 is 23.7 Å². The fourth-order valence-corrected chi connectivity index (χ4v) is 6.48. The smallest absolute Gasteiger partial charge is 0.315 e. The molecular weight excluding hydrogens is 266 g/mol. The zero-order chi connectivity index (χ0) is 14.6. The Morgan fingerprint density at radius 2 is 2.10 bits per heavy atom. The SMILES string of the molecule is C=CC(F)(F)C(O)OC12CC3CC4(C)CC(O)(C1)C3C42. The summed E-state index contributed by atoms with van der Waals surface area (Å²) in [5.41, 5.74) is -1.57. The van der Waals surface area contributed by atoms with Crippen molar-refractivity contribution in [2.45, 2.75) is 56.0 Å². The molecule has 6 bridgehead atoms. The Morgan fingerprint density at radius 1 is 1.40 bits per heavy atom. The van der Waals surface area contributed by atoms with Gasteiger partial charge in [-0.1, -0.05) is 13.5 Å². The average molecular weight is 286 g/mol. The first-order valence-corrected chi connectivity index (χ1v) is 7.26. The van der Waals surface area contributed by atoms with Crippen molar-refractivity contribution in [1.29, 1.82) is 0 Å². The summed E-state index contributed by atoms with van der Waals surface area (Å²) in [7, 11) is 0. The van der Waals surface area contributed by atoms with E-state index < -0.39 is 23.4 Å². The molecule has 0 spiro atoms. The van der Waals surface area contributed by atoms with E-state index in [1.165, 1.54) is 0 Å². The van der Waals surface area contributed by atoms with Gasteiger partial charge >= 0.3 is 5.92 Å². The minimum absolute atomic E-state index is 0.0240. The van der Waals surface area contributed by atoms with Crippen LogP contribution in [0.2, 0.25) is 0 Å². The second-order valence-electron chi connectivity index (χ2n) is 7.70. The topological polar surface area (TPSA) is 49.7 Å². The van der Waals surface area contributed by atoms with Gasteiger partial charge in [0.25, 0.3) is 0 Å². The van der Waals surface area contributed by atoms with Crippen molar-refractivity contribution >= 4 is 0 Å². The molecule has 4 aliphatic rings. The number of hydrogen-bond donors (Lipinski definition) is 2. The van der Waals surface area contributed by atoms with Crippen LogP contribution in [0, 0.1) is 23.2 Å². The van der Waals surface area contributed by atoms with Gasteiger partial charge in [-0.05, 0) is 48.5 Å². The molecule has 4 saturated carbocycles. The Morgan fingerprint density at radius 3 is 2.60 bits per heavy atom. The largest absolute Gasteiger partial charge is 0.389 e. The molecule has 4 rings (SSSR count). The quantitative estimate of drug-likeness (QED) is 0.614. The molecule has 0 amide bonds. The van der Waals surface area contributed by atoms with Crippen LogP contribution in [0.3, 0.4) is 0 Å². The summed E-state index contributed by atoms with van der Waals surface area (Å²) >= 11 is 0. The lowest BCUT2D eigenvalue weighted by molar-refractivity contribution is -0.291. The predicted octanol–water partition coefficient (Wildman–Crippen LogP) is 2.08. The molecule has 0 aromatic heterocycles. The first kappa shape index (κ1) is 13.2. The van der Waals surface area contributed by atoms with Gasteiger partial charge in [-0.3, -0.25) is 0 Å². The fraction of sp³-hybridized carbons (Fsp3) is 0.867. The Bertz CT molecular complexity index is 494. The monoisotopic (exact) mass is 286 g/mol. The summed E-state index contributed by atoms with van der Waals surface area (Å²) in [6.07, 6.45) is 1.10. The molecule has 0 aromatic carbocycles. The Labute approximate surface area is 116 Å². The van der Waals surface area contributed by atoms with Gasteiger partial charge in [0, 0.05) is 6.42 Å². The molecule has 0 radical (unpaired) electrons. The second-order valence-corrected chi connectivity index (χ2v) is 7.70. The third-order valence-corrected chi connectivity index (χ3v) is 6.40. The number of alkyl halides is 2. The van der Waals surface area contributed by atoms with Crippen molar-refractivity contribution in [2.24, 2.45) is 23.2 Å². The van der Waals surface area contributed by atoms with E-state index in [9.17, 15) is 19.0 Å². The maximum Gasteiger partial charge on any atom is 0.315 e. The van der Waals surface area contributed by atoms with Crippen molar-refractivity contribution in [2.75, 3.05) is 0 Å². The third kappa shape index (κ3) is 1.26. The number of aliphatic hydroxyl groups is 2. The summed E-state index contributed by atoms with van der Waals surface area (Å²) in [6.45, 7) is 5.17. The van der Waals surface area contributed by atoms with E-state index in [4.69, 9.17) is 4.74 Å². The lowest BCUT2D eigenvalue weighted by Gasteiger charge is -2.53. The first-order chi connectivity index (χ1) is 9.16. The van der Waals surface area contributed by atoms with Crippen LogP contribution in [0.25, 0.3) is 0 Å². The molecule has 0 heterocycles. The van der Waals surface area contributed by atoms with E-state index in [1.54, 1.807) is 0 Å². The highest BCUT2D eigenvalue weighted by molar-refractivity contribution is 5.32. The molecule has 3 nitrogen and oxygen atoms in total. The van der Waals surface area contributed by atoms with Gasteiger partial charge < -0.3 is 14.9 Å². The van der Waals surface area contributed by atoms with E-state index in [0.29, 0.717) is 24.8 Å². The molecule has 7 unspecified atom stereocenters. The molecule has 20 heavy (non-hydrogen) atoms. The number of hydrogen-bond acceptors (Lipinski definition) is 3. The van der Waals surface area contributed by atoms with Gasteiger partial charge in [-0.2, -0.15) is 8.78 Å². The van der Waals surface area contributed by atoms with E-state index in [-0.39, 0.29) is 17.3 Å². The highest BCUT2D eigenvalue weighted by Gasteiger charge is 2.83. The summed E-state index contributed by atoms with van der Waals surface area (Å²) in [6, 6.07) is 0. The minimum Gasteiger partial charge on any atom is -0.389 e. The Hall–Kier alpha value is -0.520. The summed E-state index contributed by atoms with van der Waals surface area (Å²) in [5, 5.41) is 20.5. The molecule has 2 N–H and O–H groups in total. The molecule has 0 saturated heterocycles. The predicted molar refractivity (Wildman–Crippen MR) is 67.0 cm³/mol. The van der Waals surface area contributed by atoms with Gasteiger partial charge in [-0.15, -0.1) is 0 Å². The van der Waals surface area contributed by atoms with Crippen LogP contribution in [0.4, 0.5) is 8.78 Å². The fourth-order valence-electron chi connectivity index (χ4n) is 6.48. The lowest BCUT2D eigenvalue weighted by atomic mass is 9.58. The van der Waals surface area contributed by atoms with Crippen LogP contribution in [-0.4, -0.2) is 33.6 Å². The van der Waals surface area contributed by atoms with Crippen LogP contribution >= 0.6 is 0 Å². The molecule has 4 aliphatic carbocycles. The highest BCUT2D eigenvalue weighted by Crippen LogP contribution is 2.81. The van der Waals surface area contributed by atoms with Gasteiger partial charge in [-0.25, -0.2) is 0 Å². The molecule has 112 valence electrons. The van der Waals surface area contributed by atoms with E-state index in [2.05, 4.69) is 13.5 Å². The zero-order valence-electron chi connectivity index (χ0n) is 11.5. The zero-order valence-corrected chi connectivity index (χ0v) is 11.5. The average Bonchev–Trinajstić information content (AvgIpc) is 2.91. The van der Waals surface area contributed by atoms with Crippen molar-refractivity contribution in [1.82, 2.24) is 0 Å². The van der Waals surface area contributed by atoms with E-state index in [0.717, 1.165) is 12.8 Å². The molecular formula is C15H20F2O3. The second kappa shape index (κ2) is 3.28. The van der Waals surface area contributed by atoms with Gasteiger partial charge in [0.1, 0.15) is 0 Å². The normalized spacial score (nSPS) is 56.8. The van der Waals surface area contributed by atoms with E-state index in [1.807, 2.05) is 0 Å². The molecule has 4 fully saturated rings. The molecule has 5 heteroatoms. The lowest BCUT2D eigenvalue weighted by Crippen LogP contribution is -2.57. The summed E-state index contributed by atoms with van der Waals surface area (Å²) in [4.78, 5) is 0. The Balaban J connectivity index is 1.66. The van der Waals surface area contributed by atoms with Crippen LogP contribution in [0.1, 0.15) is 32.6 Å². The summed E-state index contributed by atoms with van der Waals surface area (Å²) < 4.78 is 32.5. The first-order valence-electron chi connectivity index (χ1n) is 7.26. The molecule has 0 aromatic rings. The van der Waals surface area contributed by atoms with Gasteiger partial charge in [0.15, 0.2) is 0 Å². The van der Waals surface area contributed by atoms with Gasteiger partial charge in [0.05, 0.1) is 11.2 Å². The van der Waals surface area contributed by atoms with Crippen LogP contribution < -0.4 is 0 Å². The van der Waals surface area contributed by atoms with Crippen molar-refractivity contribution in [3.05, 3.63) is 12.7 Å². The van der Waals surface area contributed by atoms with Crippen LogP contribution in [0.15, 0.2) is 12.7 Å². The minimum atomic E-state index is -3.46. The summed E-state index contributed by atoms with van der Waals surface area (Å²) in [5.74, 6) is -2.85.